The lowest BCUT2D eigenvalue weighted by Crippen LogP contribution is -2.33. The number of likely N-dealkylation sites (tertiary alicyclic amines) is 1. The molecule has 2 N–H and O–H groups in total. The lowest BCUT2D eigenvalue weighted by molar-refractivity contribution is 0.0351. The first-order valence-electron chi connectivity index (χ1n) is 10.2. The minimum Gasteiger partial charge on any atom is -0.506 e. The quantitative estimate of drug-likeness (QED) is 0.826. The molecule has 0 amide bonds. The predicted molar refractivity (Wildman–Crippen MR) is 107 cm³/mol. The van der Waals surface area contributed by atoms with E-state index in [1.807, 2.05) is 19.1 Å². The molecule has 1 aliphatic heterocycles. The summed E-state index contributed by atoms with van der Waals surface area (Å²) in [6, 6.07) is 8.43. The first-order valence-corrected chi connectivity index (χ1v) is 10.2. The summed E-state index contributed by atoms with van der Waals surface area (Å²) in [5, 5.41) is 20.6. The molecule has 4 atom stereocenters. The number of fused-ring (bicyclic) bond motifs is 1. The van der Waals surface area contributed by atoms with Gasteiger partial charge in [-0.1, -0.05) is 13.0 Å². The van der Waals surface area contributed by atoms with Crippen molar-refractivity contribution < 1.29 is 14.6 Å². The van der Waals surface area contributed by atoms with Crippen LogP contribution in [0.2, 0.25) is 0 Å². The van der Waals surface area contributed by atoms with Gasteiger partial charge in [0.1, 0.15) is 11.6 Å². The van der Waals surface area contributed by atoms with Crippen LogP contribution in [0.4, 0.5) is 4.39 Å². The highest BCUT2D eigenvalue weighted by Crippen LogP contribution is 2.45. The van der Waals surface area contributed by atoms with Crippen LogP contribution in [0.15, 0.2) is 36.5 Å². The van der Waals surface area contributed by atoms with Crippen molar-refractivity contribution in [2.45, 2.75) is 44.6 Å². The van der Waals surface area contributed by atoms with E-state index in [0.29, 0.717) is 24.2 Å². The van der Waals surface area contributed by atoms with Gasteiger partial charge >= 0.3 is 0 Å². The maximum atomic E-state index is 13.3. The Morgan fingerprint density at radius 3 is 2.54 bits per heavy atom. The van der Waals surface area contributed by atoms with Crippen molar-refractivity contribution in [2.24, 2.45) is 11.8 Å². The highest BCUT2D eigenvalue weighted by molar-refractivity contribution is 5.28. The summed E-state index contributed by atoms with van der Waals surface area (Å²) in [7, 11) is 0. The Hall–Kier alpha value is -1.98. The highest BCUT2D eigenvalue weighted by Gasteiger charge is 2.48. The van der Waals surface area contributed by atoms with Gasteiger partial charge in [-0.05, 0) is 67.0 Å². The Bertz CT molecular complexity index is 825. The summed E-state index contributed by atoms with van der Waals surface area (Å²) in [4.78, 5) is 6.82. The van der Waals surface area contributed by atoms with Crippen molar-refractivity contribution in [3.8, 4) is 5.75 Å². The molecule has 1 saturated carbocycles. The van der Waals surface area contributed by atoms with Crippen LogP contribution >= 0.6 is 0 Å². The maximum Gasteiger partial charge on any atom is 0.133 e. The van der Waals surface area contributed by atoms with E-state index in [-0.39, 0.29) is 11.6 Å². The smallest absolute Gasteiger partial charge is 0.133 e. The largest absolute Gasteiger partial charge is 0.506 e. The number of hydrogen-bond donors (Lipinski definition) is 2. The normalized spacial score (nSPS) is 28.4. The molecule has 1 aromatic heterocycles. The summed E-state index contributed by atoms with van der Waals surface area (Å²) in [5.41, 5.74) is 2.29. The first-order chi connectivity index (χ1) is 13.3. The van der Waals surface area contributed by atoms with E-state index in [1.165, 1.54) is 12.3 Å². The number of hydrogen-bond acceptors (Lipinski definition) is 4. The number of benzene rings is 1. The highest BCUT2D eigenvalue weighted by atomic mass is 19.1. The van der Waals surface area contributed by atoms with Crippen LogP contribution in [0.3, 0.4) is 0 Å². The molecule has 0 radical (unpaired) electrons. The number of aliphatic hydroxyl groups is 1. The van der Waals surface area contributed by atoms with Crippen molar-refractivity contribution in [2.75, 3.05) is 19.6 Å². The molecular formula is C23H29FN2O2. The Morgan fingerprint density at radius 2 is 1.93 bits per heavy atom. The molecule has 4 rings (SSSR count). The summed E-state index contributed by atoms with van der Waals surface area (Å²) in [6.45, 7) is 7.05. The number of aryl methyl sites for hydroxylation is 1. The van der Waals surface area contributed by atoms with Crippen LogP contribution in [-0.2, 0) is 6.42 Å². The molecule has 2 aromatic rings. The van der Waals surface area contributed by atoms with Gasteiger partial charge in [0.15, 0.2) is 0 Å². The molecule has 1 aromatic carbocycles. The van der Waals surface area contributed by atoms with Crippen LogP contribution in [0.25, 0.3) is 0 Å². The van der Waals surface area contributed by atoms with Crippen LogP contribution in [-0.4, -0.2) is 45.3 Å². The Labute approximate surface area is 166 Å². The zero-order valence-electron chi connectivity index (χ0n) is 16.6. The van der Waals surface area contributed by atoms with E-state index in [1.54, 1.807) is 12.1 Å². The number of aromatic nitrogens is 1. The second-order valence-electron chi connectivity index (χ2n) is 8.96. The molecule has 2 unspecified atom stereocenters. The van der Waals surface area contributed by atoms with Gasteiger partial charge in [0.05, 0.1) is 11.8 Å². The van der Waals surface area contributed by atoms with Crippen LogP contribution in [0, 0.1) is 24.6 Å². The predicted octanol–water partition coefficient (Wildman–Crippen LogP) is 3.65. The van der Waals surface area contributed by atoms with Gasteiger partial charge in [0.25, 0.3) is 0 Å². The Balaban J connectivity index is 1.34. The van der Waals surface area contributed by atoms with Crippen molar-refractivity contribution in [3.63, 3.8) is 0 Å². The summed E-state index contributed by atoms with van der Waals surface area (Å²) < 4.78 is 13.3. The summed E-state index contributed by atoms with van der Waals surface area (Å²) in [5.74, 6) is 1.32. The Morgan fingerprint density at radius 1 is 1.21 bits per heavy atom. The molecule has 28 heavy (non-hydrogen) atoms. The van der Waals surface area contributed by atoms with E-state index < -0.39 is 5.60 Å². The fourth-order valence-electron chi connectivity index (χ4n) is 5.23. The lowest BCUT2D eigenvalue weighted by Gasteiger charge is -2.27. The average molecular weight is 384 g/mol. The first kappa shape index (κ1) is 19.3. The Kier molecular flexibility index (Phi) is 5.15. The molecule has 1 saturated heterocycles. The number of pyridine rings is 1. The lowest BCUT2D eigenvalue weighted by atomic mass is 9.89. The average Bonchev–Trinajstić information content (AvgIpc) is 3.12. The van der Waals surface area contributed by atoms with Crippen LogP contribution in [0.5, 0.6) is 5.75 Å². The van der Waals surface area contributed by atoms with E-state index in [2.05, 4.69) is 16.8 Å². The van der Waals surface area contributed by atoms with E-state index in [4.69, 9.17) is 0 Å². The third-order valence-corrected chi connectivity index (χ3v) is 6.57. The van der Waals surface area contributed by atoms with E-state index in [0.717, 1.165) is 49.3 Å². The van der Waals surface area contributed by atoms with Gasteiger partial charge in [-0.2, -0.15) is 0 Å². The maximum absolute atomic E-state index is 13.3. The van der Waals surface area contributed by atoms with Gasteiger partial charge in [0.2, 0.25) is 0 Å². The third kappa shape index (κ3) is 4.06. The molecule has 5 heteroatoms. The standard InChI is InChI=1S/C23H29FN2O2/c1-15-7-20(24)4-3-17(15)8-23(28)9-18-13-26(14-19(18)10-23)12-16(2)22-6-5-21(27)11-25-22/h3-7,11,16,18-19,27-28H,8-10,12-14H2,1-2H3/t16?,18-,19+,23?. The number of rotatable bonds is 5. The molecule has 2 heterocycles. The van der Waals surface area contributed by atoms with Gasteiger partial charge in [-0.15, -0.1) is 0 Å². The second-order valence-corrected chi connectivity index (χ2v) is 8.96. The molecule has 0 bridgehead atoms. The zero-order chi connectivity index (χ0) is 19.9. The molecule has 2 fully saturated rings. The SMILES string of the molecule is Cc1cc(F)ccc1CC1(O)C[C@H]2CN(CC(C)c3ccc(O)cn3)C[C@H]2C1. The minimum atomic E-state index is -0.672. The van der Waals surface area contributed by atoms with Crippen LogP contribution < -0.4 is 0 Å². The topological polar surface area (TPSA) is 56.6 Å². The van der Waals surface area contributed by atoms with Crippen LogP contribution in [0.1, 0.15) is 42.5 Å². The van der Waals surface area contributed by atoms with Gasteiger partial charge in [-0.3, -0.25) is 4.98 Å². The van der Waals surface area contributed by atoms with E-state index in [9.17, 15) is 14.6 Å². The number of halogens is 1. The monoisotopic (exact) mass is 384 g/mol. The molecule has 1 aliphatic carbocycles. The summed E-state index contributed by atoms with van der Waals surface area (Å²) in [6.07, 6.45) is 3.75. The van der Waals surface area contributed by atoms with Crippen molar-refractivity contribution in [1.82, 2.24) is 9.88 Å². The summed E-state index contributed by atoms with van der Waals surface area (Å²) >= 11 is 0. The van der Waals surface area contributed by atoms with Gasteiger partial charge < -0.3 is 15.1 Å². The molecule has 4 nitrogen and oxygen atoms in total. The minimum absolute atomic E-state index is 0.197. The number of nitrogens with zero attached hydrogens (tertiary/aromatic N) is 2. The third-order valence-electron chi connectivity index (χ3n) is 6.57. The van der Waals surface area contributed by atoms with Crippen molar-refractivity contribution in [3.05, 3.63) is 59.2 Å². The van der Waals surface area contributed by atoms with E-state index >= 15 is 0 Å². The van der Waals surface area contributed by atoms with Crippen molar-refractivity contribution in [1.29, 1.82) is 0 Å². The van der Waals surface area contributed by atoms with Crippen molar-refractivity contribution >= 4 is 0 Å². The molecular weight excluding hydrogens is 355 g/mol. The van der Waals surface area contributed by atoms with Gasteiger partial charge in [0, 0.05) is 37.7 Å². The fraction of sp³-hybridized carbons (Fsp3) is 0.522. The fourth-order valence-corrected chi connectivity index (χ4v) is 5.23. The molecule has 150 valence electrons. The van der Waals surface area contributed by atoms with Gasteiger partial charge in [-0.25, -0.2) is 4.39 Å². The molecule has 2 aliphatic rings. The second kappa shape index (κ2) is 7.45. The number of aromatic hydroxyl groups is 1. The molecule has 0 spiro atoms. The zero-order valence-corrected chi connectivity index (χ0v) is 16.6.